The summed E-state index contributed by atoms with van der Waals surface area (Å²) in [5.74, 6) is 0.645. The number of carbonyl (C=O) groups is 1. The summed E-state index contributed by atoms with van der Waals surface area (Å²) in [5, 5.41) is 6.98. The van der Waals surface area contributed by atoms with Gasteiger partial charge in [0.05, 0.1) is 19.4 Å². The molecule has 0 bridgehead atoms. The molecule has 0 atom stereocenters. The third kappa shape index (κ3) is 6.52. The van der Waals surface area contributed by atoms with Crippen molar-refractivity contribution in [3.05, 3.63) is 60.2 Å². The Morgan fingerprint density at radius 2 is 1.88 bits per heavy atom. The first-order chi connectivity index (χ1) is 11.8. The number of nitrogens with one attached hydrogen (secondary N) is 2. The van der Waals surface area contributed by atoms with Crippen LogP contribution in [0.25, 0.3) is 0 Å². The second-order valence-corrected chi connectivity index (χ2v) is 5.28. The SMILES string of the molecule is CCCCOc1ccc(/C=N\NC(=O)CNc2ccccc2)cc1. The maximum Gasteiger partial charge on any atom is 0.259 e. The standard InChI is InChI=1S/C19H23N3O2/c1-2-3-13-24-18-11-9-16(10-12-18)14-21-22-19(23)15-20-17-7-5-4-6-8-17/h4-12,14,20H,2-3,13,15H2,1H3,(H,22,23)/b21-14-. The van der Waals surface area contributed by atoms with E-state index in [0.717, 1.165) is 36.4 Å². The van der Waals surface area contributed by atoms with Gasteiger partial charge in [0.15, 0.2) is 0 Å². The highest BCUT2D eigenvalue weighted by Gasteiger charge is 1.99. The summed E-state index contributed by atoms with van der Waals surface area (Å²) in [6.45, 7) is 3.03. The van der Waals surface area contributed by atoms with Crippen molar-refractivity contribution in [1.82, 2.24) is 5.43 Å². The van der Waals surface area contributed by atoms with E-state index in [1.807, 2.05) is 54.6 Å². The zero-order valence-electron chi connectivity index (χ0n) is 13.9. The summed E-state index contributed by atoms with van der Waals surface area (Å²) in [5.41, 5.74) is 4.29. The first kappa shape index (κ1) is 17.5. The molecule has 1 amide bonds. The fourth-order valence-corrected chi connectivity index (χ4v) is 1.94. The predicted octanol–water partition coefficient (Wildman–Crippen LogP) is 3.43. The Morgan fingerprint density at radius 3 is 2.58 bits per heavy atom. The van der Waals surface area contributed by atoms with E-state index >= 15 is 0 Å². The molecule has 0 aromatic heterocycles. The molecule has 0 saturated heterocycles. The summed E-state index contributed by atoms with van der Waals surface area (Å²) < 4.78 is 5.60. The minimum atomic E-state index is -0.199. The van der Waals surface area contributed by atoms with E-state index in [2.05, 4.69) is 22.8 Å². The van der Waals surface area contributed by atoms with Crippen molar-refractivity contribution in [3.8, 4) is 5.75 Å². The normalized spacial score (nSPS) is 10.5. The monoisotopic (exact) mass is 325 g/mol. The zero-order chi connectivity index (χ0) is 17.0. The Kier molecular flexibility index (Phi) is 7.34. The quantitative estimate of drug-likeness (QED) is 0.422. The number of para-hydroxylation sites is 1. The van der Waals surface area contributed by atoms with E-state index in [1.165, 1.54) is 0 Å². The van der Waals surface area contributed by atoms with E-state index < -0.39 is 0 Å². The summed E-state index contributed by atoms with van der Waals surface area (Å²) in [6.07, 6.45) is 3.77. The van der Waals surface area contributed by atoms with E-state index in [1.54, 1.807) is 6.21 Å². The lowest BCUT2D eigenvalue weighted by Crippen LogP contribution is -2.25. The number of benzene rings is 2. The van der Waals surface area contributed by atoms with Crippen LogP contribution in [0.3, 0.4) is 0 Å². The van der Waals surface area contributed by atoms with Crippen molar-refractivity contribution in [2.24, 2.45) is 5.10 Å². The van der Waals surface area contributed by atoms with Crippen molar-refractivity contribution in [2.75, 3.05) is 18.5 Å². The zero-order valence-corrected chi connectivity index (χ0v) is 13.9. The highest BCUT2D eigenvalue weighted by Crippen LogP contribution is 2.11. The highest BCUT2D eigenvalue weighted by atomic mass is 16.5. The van der Waals surface area contributed by atoms with Gasteiger partial charge in [-0.3, -0.25) is 4.79 Å². The molecule has 0 radical (unpaired) electrons. The van der Waals surface area contributed by atoms with Crippen LogP contribution in [-0.4, -0.2) is 25.3 Å². The molecule has 0 fully saturated rings. The molecular weight excluding hydrogens is 302 g/mol. The van der Waals surface area contributed by atoms with Crippen LogP contribution in [0, 0.1) is 0 Å². The second-order valence-electron chi connectivity index (χ2n) is 5.28. The predicted molar refractivity (Wildman–Crippen MR) is 97.5 cm³/mol. The number of hydrogen-bond acceptors (Lipinski definition) is 4. The summed E-state index contributed by atoms with van der Waals surface area (Å²) in [6, 6.07) is 17.2. The molecule has 0 spiro atoms. The average Bonchev–Trinajstić information content (AvgIpc) is 2.62. The smallest absolute Gasteiger partial charge is 0.259 e. The number of nitrogens with zero attached hydrogens (tertiary/aromatic N) is 1. The molecule has 0 unspecified atom stereocenters. The third-order valence-corrected chi connectivity index (χ3v) is 3.28. The number of anilines is 1. The van der Waals surface area contributed by atoms with Crippen molar-refractivity contribution in [1.29, 1.82) is 0 Å². The number of hydrogen-bond donors (Lipinski definition) is 2. The molecule has 2 aromatic rings. The first-order valence-electron chi connectivity index (χ1n) is 8.11. The van der Waals surface area contributed by atoms with Gasteiger partial charge in [-0.2, -0.15) is 5.10 Å². The van der Waals surface area contributed by atoms with Gasteiger partial charge >= 0.3 is 0 Å². The number of ether oxygens (including phenoxy) is 1. The molecule has 2 aromatic carbocycles. The molecule has 0 aliphatic heterocycles. The lowest BCUT2D eigenvalue weighted by molar-refractivity contribution is -0.119. The van der Waals surface area contributed by atoms with Crippen LogP contribution in [0.15, 0.2) is 59.7 Å². The number of hydrazone groups is 1. The fourth-order valence-electron chi connectivity index (χ4n) is 1.94. The van der Waals surface area contributed by atoms with Crippen LogP contribution >= 0.6 is 0 Å². The van der Waals surface area contributed by atoms with Crippen LogP contribution < -0.4 is 15.5 Å². The van der Waals surface area contributed by atoms with Crippen LogP contribution in [0.1, 0.15) is 25.3 Å². The van der Waals surface area contributed by atoms with Gasteiger partial charge in [-0.1, -0.05) is 31.5 Å². The molecule has 5 nitrogen and oxygen atoms in total. The highest BCUT2D eigenvalue weighted by molar-refractivity contribution is 5.84. The molecule has 0 aliphatic rings. The van der Waals surface area contributed by atoms with Gasteiger partial charge in [0.1, 0.15) is 5.75 Å². The van der Waals surface area contributed by atoms with Crippen LogP contribution in [-0.2, 0) is 4.79 Å². The van der Waals surface area contributed by atoms with Gasteiger partial charge in [0, 0.05) is 5.69 Å². The Labute approximate surface area is 142 Å². The summed E-state index contributed by atoms with van der Waals surface area (Å²) in [4.78, 5) is 11.7. The Balaban J connectivity index is 1.71. The number of carbonyl (C=O) groups excluding carboxylic acids is 1. The van der Waals surface area contributed by atoms with E-state index in [9.17, 15) is 4.79 Å². The lowest BCUT2D eigenvalue weighted by atomic mass is 10.2. The van der Waals surface area contributed by atoms with Gasteiger partial charge in [-0.25, -0.2) is 5.43 Å². The minimum absolute atomic E-state index is 0.172. The molecule has 0 saturated carbocycles. The van der Waals surface area contributed by atoms with Crippen LogP contribution in [0.4, 0.5) is 5.69 Å². The number of rotatable bonds is 9. The van der Waals surface area contributed by atoms with Gasteiger partial charge in [-0.05, 0) is 48.4 Å². The van der Waals surface area contributed by atoms with Crippen molar-refractivity contribution in [3.63, 3.8) is 0 Å². The van der Waals surface area contributed by atoms with Gasteiger partial charge < -0.3 is 10.1 Å². The third-order valence-electron chi connectivity index (χ3n) is 3.28. The lowest BCUT2D eigenvalue weighted by Gasteiger charge is -2.05. The van der Waals surface area contributed by atoms with E-state index in [4.69, 9.17) is 4.74 Å². The van der Waals surface area contributed by atoms with Crippen LogP contribution in [0.5, 0.6) is 5.75 Å². The topological polar surface area (TPSA) is 62.7 Å². The van der Waals surface area contributed by atoms with E-state index in [-0.39, 0.29) is 12.5 Å². The van der Waals surface area contributed by atoms with Gasteiger partial charge in [0.25, 0.3) is 5.91 Å². The maximum absolute atomic E-state index is 11.7. The van der Waals surface area contributed by atoms with Crippen molar-refractivity contribution >= 4 is 17.8 Å². The van der Waals surface area contributed by atoms with E-state index in [0.29, 0.717) is 0 Å². The molecule has 2 N–H and O–H groups in total. The molecular formula is C19H23N3O2. The van der Waals surface area contributed by atoms with Gasteiger partial charge in [-0.15, -0.1) is 0 Å². The minimum Gasteiger partial charge on any atom is -0.494 e. The second kappa shape index (κ2) is 10.0. The summed E-state index contributed by atoms with van der Waals surface area (Å²) >= 11 is 0. The summed E-state index contributed by atoms with van der Waals surface area (Å²) in [7, 11) is 0. The molecule has 0 heterocycles. The molecule has 2 rings (SSSR count). The largest absolute Gasteiger partial charge is 0.494 e. The molecule has 24 heavy (non-hydrogen) atoms. The Hall–Kier alpha value is -2.82. The molecule has 5 heteroatoms. The van der Waals surface area contributed by atoms with Crippen LogP contribution in [0.2, 0.25) is 0 Å². The Morgan fingerprint density at radius 1 is 1.12 bits per heavy atom. The number of amides is 1. The van der Waals surface area contributed by atoms with Crippen molar-refractivity contribution < 1.29 is 9.53 Å². The average molecular weight is 325 g/mol. The maximum atomic E-state index is 11.7. The Bertz CT molecular complexity index is 639. The fraction of sp³-hybridized carbons (Fsp3) is 0.263. The molecule has 0 aliphatic carbocycles. The first-order valence-corrected chi connectivity index (χ1v) is 8.11. The molecule has 126 valence electrons. The van der Waals surface area contributed by atoms with Crippen molar-refractivity contribution in [2.45, 2.75) is 19.8 Å². The number of unbranched alkanes of at least 4 members (excludes halogenated alkanes) is 1. The van der Waals surface area contributed by atoms with Gasteiger partial charge in [0.2, 0.25) is 0 Å².